The van der Waals surface area contributed by atoms with Crippen molar-refractivity contribution in [3.63, 3.8) is 0 Å². The van der Waals surface area contributed by atoms with Gasteiger partial charge in [-0.1, -0.05) is 65.9 Å². The molecule has 2 saturated heterocycles. The van der Waals surface area contributed by atoms with E-state index in [1.165, 1.54) is 21.5 Å². The SMILES string of the molecule is c1ccc2c(-c3cn(-c4ccc(CO[C@@H]5CNC[C@H]6O[C@H]56)cc4)nn3)c3ccccc3cc2c1. The molecule has 2 fully saturated rings. The van der Waals surface area contributed by atoms with Crippen LogP contribution < -0.4 is 5.32 Å². The third-order valence-corrected chi connectivity index (χ3v) is 6.86. The maximum atomic E-state index is 6.09. The first-order chi connectivity index (χ1) is 16.8. The molecule has 6 nitrogen and oxygen atoms in total. The van der Waals surface area contributed by atoms with Crippen LogP contribution in [0.4, 0.5) is 0 Å². The summed E-state index contributed by atoms with van der Waals surface area (Å²) in [6, 6.07) is 27.4. The fraction of sp³-hybridized carbons (Fsp3) is 0.214. The molecule has 0 aliphatic carbocycles. The molecule has 0 unspecified atom stereocenters. The molecular weight excluding hydrogens is 424 g/mol. The molecule has 2 aliphatic rings. The maximum absolute atomic E-state index is 6.09. The normalized spacial score (nSPS) is 21.6. The molecule has 5 aromatic rings. The Morgan fingerprint density at radius 1 is 0.912 bits per heavy atom. The second kappa shape index (κ2) is 8.02. The number of hydrogen-bond acceptors (Lipinski definition) is 5. The van der Waals surface area contributed by atoms with Gasteiger partial charge in [-0.15, -0.1) is 5.10 Å². The predicted molar refractivity (Wildman–Crippen MR) is 132 cm³/mol. The number of fused-ring (bicyclic) bond motifs is 3. The lowest BCUT2D eigenvalue weighted by Crippen LogP contribution is -2.41. The van der Waals surface area contributed by atoms with E-state index in [1.807, 2.05) is 10.9 Å². The first-order valence-electron chi connectivity index (χ1n) is 11.7. The first kappa shape index (κ1) is 19.9. The van der Waals surface area contributed by atoms with Crippen molar-refractivity contribution in [3.8, 4) is 16.9 Å². The Morgan fingerprint density at radius 3 is 2.41 bits per heavy atom. The molecule has 2 aliphatic heterocycles. The van der Waals surface area contributed by atoms with E-state index in [4.69, 9.17) is 9.47 Å². The van der Waals surface area contributed by atoms with Gasteiger partial charge in [-0.3, -0.25) is 0 Å². The Labute approximate surface area is 197 Å². The maximum Gasteiger partial charge on any atom is 0.114 e. The number of benzene rings is 4. The van der Waals surface area contributed by atoms with Gasteiger partial charge in [0.1, 0.15) is 11.8 Å². The molecule has 0 bridgehead atoms. The fourth-order valence-corrected chi connectivity index (χ4v) is 5.03. The Bertz CT molecular complexity index is 1440. The van der Waals surface area contributed by atoms with Gasteiger partial charge >= 0.3 is 0 Å². The van der Waals surface area contributed by atoms with Crippen LogP contribution in [0.1, 0.15) is 5.56 Å². The quantitative estimate of drug-likeness (QED) is 0.317. The van der Waals surface area contributed by atoms with Crippen LogP contribution in [0.5, 0.6) is 0 Å². The largest absolute Gasteiger partial charge is 0.369 e. The van der Waals surface area contributed by atoms with Gasteiger partial charge in [-0.25, -0.2) is 4.68 Å². The molecule has 3 heterocycles. The lowest BCUT2D eigenvalue weighted by Gasteiger charge is -2.20. The zero-order valence-electron chi connectivity index (χ0n) is 18.6. The standard InChI is InChI=1S/C28H24N4O2/c1-3-7-22-19(5-1)13-20-6-2-4-8-23(20)27(22)24-16-32(31-30-24)21-11-9-18(10-12-21)17-33-25-14-29-15-26-28(25)34-26/h1-13,16,25-26,28-29H,14-15,17H2/t25-,26-,28-/m1/s1. The molecule has 0 radical (unpaired) electrons. The number of aromatic nitrogens is 3. The Hall–Kier alpha value is -3.58. The van der Waals surface area contributed by atoms with Crippen molar-refractivity contribution >= 4 is 21.5 Å². The summed E-state index contributed by atoms with van der Waals surface area (Å²) in [5, 5.41) is 17.1. The predicted octanol–water partition coefficient (Wildman–Crippen LogP) is 4.50. The van der Waals surface area contributed by atoms with Gasteiger partial charge in [0.15, 0.2) is 0 Å². The van der Waals surface area contributed by atoms with E-state index in [9.17, 15) is 0 Å². The number of hydrogen-bond donors (Lipinski definition) is 1. The second-order valence-corrected chi connectivity index (χ2v) is 9.06. The molecule has 0 saturated carbocycles. The summed E-state index contributed by atoms with van der Waals surface area (Å²) in [7, 11) is 0. The highest BCUT2D eigenvalue weighted by Crippen LogP contribution is 2.35. The minimum Gasteiger partial charge on any atom is -0.369 e. The van der Waals surface area contributed by atoms with Gasteiger partial charge in [0.25, 0.3) is 0 Å². The van der Waals surface area contributed by atoms with Crippen molar-refractivity contribution in [2.24, 2.45) is 0 Å². The summed E-state index contributed by atoms with van der Waals surface area (Å²) in [5.41, 5.74) is 4.08. The van der Waals surface area contributed by atoms with Gasteiger partial charge < -0.3 is 14.8 Å². The van der Waals surface area contributed by atoms with Crippen LogP contribution in [-0.4, -0.2) is 46.4 Å². The monoisotopic (exact) mass is 448 g/mol. The Morgan fingerprint density at radius 2 is 1.65 bits per heavy atom. The topological polar surface area (TPSA) is 64.5 Å². The zero-order valence-corrected chi connectivity index (χ0v) is 18.6. The highest BCUT2D eigenvalue weighted by atomic mass is 16.6. The third-order valence-electron chi connectivity index (χ3n) is 6.86. The lowest BCUT2D eigenvalue weighted by molar-refractivity contribution is 0.0211. The van der Waals surface area contributed by atoms with Gasteiger partial charge in [-0.05, 0) is 45.3 Å². The molecule has 4 aromatic carbocycles. The van der Waals surface area contributed by atoms with Crippen LogP contribution in [0.25, 0.3) is 38.5 Å². The van der Waals surface area contributed by atoms with E-state index in [1.54, 1.807) is 0 Å². The van der Waals surface area contributed by atoms with Crippen LogP contribution in [0.2, 0.25) is 0 Å². The minimum atomic E-state index is 0.131. The summed E-state index contributed by atoms with van der Waals surface area (Å²) in [6.07, 6.45) is 2.74. The number of piperidine rings is 1. The Kier molecular flexibility index (Phi) is 4.68. The average molecular weight is 449 g/mol. The number of epoxide rings is 1. The number of nitrogens with zero attached hydrogens (tertiary/aromatic N) is 3. The van der Waals surface area contributed by atoms with Crippen LogP contribution >= 0.6 is 0 Å². The lowest BCUT2D eigenvalue weighted by atomic mass is 9.95. The first-order valence-corrected chi connectivity index (χ1v) is 11.7. The van der Waals surface area contributed by atoms with E-state index in [0.29, 0.717) is 12.7 Å². The smallest absolute Gasteiger partial charge is 0.114 e. The number of nitrogens with one attached hydrogen (secondary N) is 1. The van der Waals surface area contributed by atoms with E-state index in [-0.39, 0.29) is 12.2 Å². The highest BCUT2D eigenvalue weighted by Gasteiger charge is 2.48. The van der Waals surface area contributed by atoms with Crippen molar-refractivity contribution in [2.45, 2.75) is 24.9 Å². The number of ether oxygens (including phenoxy) is 2. The van der Waals surface area contributed by atoms with Crippen LogP contribution in [0.3, 0.4) is 0 Å². The summed E-state index contributed by atoms with van der Waals surface area (Å²) < 4.78 is 13.6. The fourth-order valence-electron chi connectivity index (χ4n) is 5.03. The summed E-state index contributed by atoms with van der Waals surface area (Å²) in [4.78, 5) is 0. The molecule has 0 spiro atoms. The average Bonchev–Trinajstić information content (AvgIpc) is 3.54. The number of rotatable bonds is 5. The summed E-state index contributed by atoms with van der Waals surface area (Å²) in [5.74, 6) is 0. The molecule has 1 N–H and O–H groups in total. The van der Waals surface area contributed by atoms with Crippen LogP contribution in [0.15, 0.2) is 85.1 Å². The minimum absolute atomic E-state index is 0.131. The summed E-state index contributed by atoms with van der Waals surface area (Å²) in [6.45, 7) is 2.36. The van der Waals surface area contributed by atoms with E-state index in [0.717, 1.165) is 35.6 Å². The van der Waals surface area contributed by atoms with Crippen molar-refractivity contribution in [2.75, 3.05) is 13.1 Å². The molecule has 34 heavy (non-hydrogen) atoms. The van der Waals surface area contributed by atoms with Gasteiger partial charge in [0.05, 0.1) is 30.7 Å². The Balaban J connectivity index is 1.17. The molecule has 3 atom stereocenters. The second-order valence-electron chi connectivity index (χ2n) is 9.06. The van der Waals surface area contributed by atoms with Gasteiger partial charge in [-0.2, -0.15) is 0 Å². The van der Waals surface area contributed by atoms with E-state index >= 15 is 0 Å². The molecule has 7 rings (SSSR count). The van der Waals surface area contributed by atoms with Gasteiger partial charge in [0, 0.05) is 18.7 Å². The molecule has 0 amide bonds. The van der Waals surface area contributed by atoms with Gasteiger partial charge in [0.2, 0.25) is 0 Å². The molecule has 6 heteroatoms. The third kappa shape index (κ3) is 3.47. The van der Waals surface area contributed by atoms with Crippen molar-refractivity contribution in [1.82, 2.24) is 20.3 Å². The van der Waals surface area contributed by atoms with E-state index < -0.39 is 0 Å². The van der Waals surface area contributed by atoms with Crippen LogP contribution in [-0.2, 0) is 16.1 Å². The molecule has 168 valence electrons. The van der Waals surface area contributed by atoms with E-state index in [2.05, 4.69) is 94.5 Å². The van der Waals surface area contributed by atoms with Crippen LogP contribution in [0, 0.1) is 0 Å². The summed E-state index contributed by atoms with van der Waals surface area (Å²) >= 11 is 0. The van der Waals surface area contributed by atoms with Crippen molar-refractivity contribution in [3.05, 3.63) is 90.6 Å². The zero-order chi connectivity index (χ0) is 22.5. The molecular formula is C28H24N4O2. The highest BCUT2D eigenvalue weighted by molar-refractivity contribution is 6.11. The van der Waals surface area contributed by atoms with Crippen molar-refractivity contribution < 1.29 is 9.47 Å². The molecule has 1 aromatic heterocycles. The van der Waals surface area contributed by atoms with Crippen molar-refractivity contribution in [1.29, 1.82) is 0 Å².